The second-order valence-electron chi connectivity index (χ2n) is 3.95. The van der Waals surface area contributed by atoms with Crippen LogP contribution in [0.4, 0.5) is 11.4 Å². The molecule has 5 heteroatoms. The third-order valence-electron chi connectivity index (χ3n) is 2.55. The van der Waals surface area contributed by atoms with Crippen molar-refractivity contribution >= 4 is 22.7 Å². The number of hydrogen-bond donors (Lipinski definition) is 2. The van der Waals surface area contributed by atoms with Crippen LogP contribution >= 0.6 is 11.3 Å². The van der Waals surface area contributed by atoms with E-state index in [4.69, 9.17) is 11.0 Å². The van der Waals surface area contributed by atoms with Gasteiger partial charge in [0.25, 0.3) is 0 Å². The third kappa shape index (κ3) is 2.99. The van der Waals surface area contributed by atoms with E-state index in [-0.39, 0.29) is 0 Å². The quantitative estimate of drug-likeness (QED) is 0.826. The largest absolute Gasteiger partial charge is 0.397 e. The highest BCUT2D eigenvalue weighted by Gasteiger charge is 2.02. The minimum atomic E-state index is 0.608. The van der Waals surface area contributed by atoms with Crippen LogP contribution in [0.5, 0.6) is 0 Å². The topological polar surface area (TPSA) is 74.7 Å². The monoisotopic (exact) mass is 258 g/mol. The zero-order valence-corrected chi connectivity index (χ0v) is 10.9. The molecule has 1 aromatic carbocycles. The lowest BCUT2D eigenvalue weighted by molar-refractivity contribution is 0.969. The van der Waals surface area contributed by atoms with Crippen LogP contribution in [0.25, 0.3) is 0 Å². The molecular weight excluding hydrogens is 244 g/mol. The summed E-state index contributed by atoms with van der Waals surface area (Å²) in [5.74, 6) is 0. The van der Waals surface area contributed by atoms with E-state index in [2.05, 4.69) is 21.8 Å². The summed E-state index contributed by atoms with van der Waals surface area (Å²) in [6.45, 7) is 2.75. The van der Waals surface area contributed by atoms with Crippen LogP contribution in [0.15, 0.2) is 23.6 Å². The molecule has 0 aliphatic heterocycles. The Kier molecular flexibility index (Phi) is 3.80. The van der Waals surface area contributed by atoms with Crippen molar-refractivity contribution in [3.8, 4) is 6.07 Å². The number of anilines is 2. The molecule has 0 aliphatic carbocycles. The lowest BCUT2D eigenvalue weighted by atomic mass is 10.2. The van der Waals surface area contributed by atoms with Crippen LogP contribution in [0.1, 0.15) is 16.3 Å². The molecule has 0 radical (unpaired) electrons. The number of aromatic nitrogens is 1. The van der Waals surface area contributed by atoms with Crippen molar-refractivity contribution in [3.63, 3.8) is 0 Å². The van der Waals surface area contributed by atoms with Crippen molar-refractivity contribution < 1.29 is 0 Å². The number of aryl methyl sites for hydroxylation is 1. The van der Waals surface area contributed by atoms with Gasteiger partial charge in [-0.2, -0.15) is 5.26 Å². The van der Waals surface area contributed by atoms with Crippen molar-refractivity contribution in [3.05, 3.63) is 39.8 Å². The molecule has 3 N–H and O–H groups in total. The Balaban J connectivity index is 1.96. The summed E-state index contributed by atoms with van der Waals surface area (Å²) in [5.41, 5.74) is 9.00. The van der Waals surface area contributed by atoms with Crippen molar-refractivity contribution in [1.29, 1.82) is 5.26 Å². The van der Waals surface area contributed by atoms with Gasteiger partial charge in [0.2, 0.25) is 0 Å². The smallest absolute Gasteiger partial charge is 0.0992 e. The van der Waals surface area contributed by atoms with Gasteiger partial charge in [-0.25, -0.2) is 4.98 Å². The average molecular weight is 258 g/mol. The van der Waals surface area contributed by atoms with Gasteiger partial charge >= 0.3 is 0 Å². The number of hydrogen-bond acceptors (Lipinski definition) is 5. The van der Waals surface area contributed by atoms with E-state index in [0.717, 1.165) is 29.4 Å². The van der Waals surface area contributed by atoms with Gasteiger partial charge in [-0.05, 0) is 25.1 Å². The van der Waals surface area contributed by atoms with Crippen molar-refractivity contribution in [1.82, 2.24) is 4.98 Å². The highest BCUT2D eigenvalue weighted by Crippen LogP contribution is 2.19. The predicted molar refractivity (Wildman–Crippen MR) is 74.6 cm³/mol. The summed E-state index contributed by atoms with van der Waals surface area (Å²) in [6.07, 6.45) is 0.848. The summed E-state index contributed by atoms with van der Waals surface area (Å²) in [4.78, 5) is 4.39. The number of nitrogens with one attached hydrogen (secondary N) is 1. The van der Waals surface area contributed by atoms with Crippen LogP contribution in [0, 0.1) is 18.3 Å². The van der Waals surface area contributed by atoms with Crippen LogP contribution in [0.2, 0.25) is 0 Å². The molecule has 0 aliphatic rings. The zero-order valence-electron chi connectivity index (χ0n) is 10.1. The maximum Gasteiger partial charge on any atom is 0.0992 e. The Bertz CT molecular complexity index is 583. The first kappa shape index (κ1) is 12.4. The fraction of sp³-hybridized carbons (Fsp3) is 0.231. The molecule has 18 heavy (non-hydrogen) atoms. The van der Waals surface area contributed by atoms with E-state index in [1.807, 2.05) is 6.92 Å². The number of nitrogens with two attached hydrogens (primary N) is 1. The SMILES string of the molecule is Cc1nc(CCNc2cc(C#N)ccc2N)cs1. The lowest BCUT2D eigenvalue weighted by Gasteiger charge is -2.08. The maximum absolute atomic E-state index is 8.83. The molecule has 0 amide bonds. The standard InChI is InChI=1S/C13H14N4S/c1-9-17-11(8-18-9)4-5-16-13-6-10(7-14)2-3-12(13)15/h2-3,6,8,16H,4-5,15H2,1H3. The summed E-state index contributed by atoms with van der Waals surface area (Å²) >= 11 is 1.65. The Morgan fingerprint density at radius 1 is 1.50 bits per heavy atom. The van der Waals surface area contributed by atoms with E-state index in [0.29, 0.717) is 11.3 Å². The first-order chi connectivity index (χ1) is 8.69. The fourth-order valence-corrected chi connectivity index (χ4v) is 2.27. The summed E-state index contributed by atoms with van der Waals surface area (Å²) < 4.78 is 0. The number of nitrogens with zero attached hydrogens (tertiary/aromatic N) is 2. The molecule has 0 bridgehead atoms. The molecular formula is C13H14N4S. The van der Waals surface area contributed by atoms with Crippen molar-refractivity contribution in [2.24, 2.45) is 0 Å². The number of benzene rings is 1. The van der Waals surface area contributed by atoms with Crippen LogP contribution < -0.4 is 11.1 Å². The van der Waals surface area contributed by atoms with E-state index < -0.39 is 0 Å². The molecule has 0 fully saturated rings. The van der Waals surface area contributed by atoms with Crippen LogP contribution in [-0.2, 0) is 6.42 Å². The molecule has 2 aromatic rings. The van der Waals surface area contributed by atoms with Gasteiger partial charge in [0.1, 0.15) is 0 Å². The normalized spacial score (nSPS) is 10.0. The molecule has 1 heterocycles. The van der Waals surface area contributed by atoms with E-state index in [1.54, 1.807) is 29.5 Å². The molecule has 0 unspecified atom stereocenters. The van der Waals surface area contributed by atoms with E-state index >= 15 is 0 Å². The van der Waals surface area contributed by atoms with Gasteiger partial charge in [0.15, 0.2) is 0 Å². The minimum absolute atomic E-state index is 0.608. The Hall–Kier alpha value is -2.06. The number of nitrogen functional groups attached to an aromatic ring is 1. The van der Waals surface area contributed by atoms with Gasteiger partial charge in [-0.3, -0.25) is 0 Å². The summed E-state index contributed by atoms with van der Waals surface area (Å²) in [6, 6.07) is 7.32. The lowest BCUT2D eigenvalue weighted by Crippen LogP contribution is -2.07. The predicted octanol–water partition coefficient (Wildman–Crippen LogP) is 2.56. The zero-order chi connectivity index (χ0) is 13.0. The first-order valence-corrected chi connectivity index (χ1v) is 6.51. The summed E-state index contributed by atoms with van der Waals surface area (Å²) in [5, 5.41) is 15.2. The third-order valence-corrected chi connectivity index (χ3v) is 3.37. The second-order valence-corrected chi connectivity index (χ2v) is 5.01. The highest BCUT2D eigenvalue weighted by molar-refractivity contribution is 7.09. The van der Waals surface area contributed by atoms with Gasteiger partial charge < -0.3 is 11.1 Å². The molecule has 4 nitrogen and oxygen atoms in total. The number of nitriles is 1. The summed E-state index contributed by atoms with van der Waals surface area (Å²) in [7, 11) is 0. The number of rotatable bonds is 4. The Morgan fingerprint density at radius 2 is 2.33 bits per heavy atom. The van der Waals surface area contributed by atoms with Gasteiger partial charge in [-0.15, -0.1) is 11.3 Å². The van der Waals surface area contributed by atoms with Crippen molar-refractivity contribution in [2.45, 2.75) is 13.3 Å². The average Bonchev–Trinajstić information content (AvgIpc) is 2.77. The molecule has 0 spiro atoms. The Morgan fingerprint density at radius 3 is 3.00 bits per heavy atom. The Labute approximate surface area is 110 Å². The van der Waals surface area contributed by atoms with E-state index in [1.165, 1.54) is 0 Å². The first-order valence-electron chi connectivity index (χ1n) is 5.63. The van der Waals surface area contributed by atoms with Gasteiger partial charge in [-0.1, -0.05) is 0 Å². The molecule has 1 aromatic heterocycles. The molecule has 0 saturated carbocycles. The fourth-order valence-electron chi connectivity index (χ4n) is 1.63. The van der Waals surface area contributed by atoms with Gasteiger partial charge in [0, 0.05) is 18.3 Å². The van der Waals surface area contributed by atoms with Crippen LogP contribution in [0.3, 0.4) is 0 Å². The second kappa shape index (κ2) is 5.52. The molecule has 0 saturated heterocycles. The van der Waals surface area contributed by atoms with Crippen molar-refractivity contribution in [2.75, 3.05) is 17.6 Å². The van der Waals surface area contributed by atoms with Gasteiger partial charge in [0.05, 0.1) is 33.7 Å². The molecule has 0 atom stereocenters. The highest BCUT2D eigenvalue weighted by atomic mass is 32.1. The molecule has 92 valence electrons. The van der Waals surface area contributed by atoms with Crippen LogP contribution in [-0.4, -0.2) is 11.5 Å². The maximum atomic E-state index is 8.83. The molecule has 2 rings (SSSR count). The minimum Gasteiger partial charge on any atom is -0.397 e. The van der Waals surface area contributed by atoms with E-state index in [9.17, 15) is 0 Å². The number of thiazole rings is 1.